The number of aliphatic imine (C=N–C) groups is 1. The van der Waals surface area contributed by atoms with Gasteiger partial charge < -0.3 is 5.32 Å². The molecule has 1 heterocycles. The predicted octanol–water partition coefficient (Wildman–Crippen LogP) is 5.28. The Morgan fingerprint density at radius 2 is 1.53 bits per heavy atom. The number of carbonyl (C=O) groups is 2. The van der Waals surface area contributed by atoms with Crippen molar-refractivity contribution in [1.82, 2.24) is 4.90 Å². The Balaban J connectivity index is 1.45. The van der Waals surface area contributed by atoms with E-state index in [4.69, 9.17) is 4.99 Å². The lowest BCUT2D eigenvalue weighted by Crippen LogP contribution is -2.34. The van der Waals surface area contributed by atoms with E-state index in [0.717, 1.165) is 24.2 Å². The van der Waals surface area contributed by atoms with Crippen LogP contribution in [-0.2, 0) is 16.0 Å². The van der Waals surface area contributed by atoms with Gasteiger partial charge in [-0.15, -0.1) is 0 Å². The van der Waals surface area contributed by atoms with Gasteiger partial charge in [0.25, 0.3) is 0 Å². The molecular weight excluding hydrogens is 418 g/mol. The maximum atomic E-state index is 13.2. The van der Waals surface area contributed by atoms with E-state index in [-0.39, 0.29) is 18.2 Å². The maximum absolute atomic E-state index is 13.2. The number of aryl methyl sites for hydroxylation is 1. The zero-order valence-electron chi connectivity index (χ0n) is 17.7. The smallest absolute Gasteiger partial charge is 0.242 e. The van der Waals surface area contributed by atoms with Gasteiger partial charge in [0, 0.05) is 18.7 Å². The van der Waals surface area contributed by atoms with Gasteiger partial charge in [-0.1, -0.05) is 78.5 Å². The lowest BCUT2D eigenvalue weighted by Gasteiger charge is -2.16. The summed E-state index contributed by atoms with van der Waals surface area (Å²) in [5.41, 5.74) is 2.77. The van der Waals surface area contributed by atoms with E-state index in [1.165, 1.54) is 17.3 Å². The van der Waals surface area contributed by atoms with Crippen LogP contribution < -0.4 is 5.32 Å². The van der Waals surface area contributed by atoms with Gasteiger partial charge in [0.2, 0.25) is 11.8 Å². The van der Waals surface area contributed by atoms with Crippen LogP contribution in [0, 0.1) is 0 Å². The third-order valence-electron chi connectivity index (χ3n) is 5.12. The molecule has 2 amide bonds. The van der Waals surface area contributed by atoms with E-state index >= 15 is 0 Å². The zero-order valence-corrected chi connectivity index (χ0v) is 18.5. The molecule has 3 aromatic carbocycles. The number of anilines is 1. The minimum atomic E-state index is -0.474. The third-order valence-corrected chi connectivity index (χ3v) is 6.29. The molecule has 0 saturated carbocycles. The van der Waals surface area contributed by atoms with Crippen LogP contribution >= 0.6 is 11.8 Å². The largest absolute Gasteiger partial charge is 0.326 e. The van der Waals surface area contributed by atoms with E-state index in [0.29, 0.717) is 11.7 Å². The number of amidine groups is 1. The van der Waals surface area contributed by atoms with Gasteiger partial charge in [-0.2, -0.15) is 0 Å². The fourth-order valence-electron chi connectivity index (χ4n) is 3.53. The summed E-state index contributed by atoms with van der Waals surface area (Å²) < 4.78 is 0. The second kappa shape index (κ2) is 10.8. The Hall–Kier alpha value is -3.38. The highest BCUT2D eigenvalue weighted by Crippen LogP contribution is 2.32. The van der Waals surface area contributed by atoms with Crippen molar-refractivity contribution >= 4 is 40.1 Å². The lowest BCUT2D eigenvalue weighted by molar-refractivity contribution is -0.128. The van der Waals surface area contributed by atoms with Crippen molar-refractivity contribution in [2.45, 2.75) is 24.5 Å². The molecule has 1 aliphatic rings. The van der Waals surface area contributed by atoms with Crippen molar-refractivity contribution in [3.63, 3.8) is 0 Å². The first-order valence-corrected chi connectivity index (χ1v) is 11.6. The normalized spacial score (nSPS) is 17.0. The molecule has 0 aliphatic carbocycles. The fraction of sp³-hybridized carbons (Fsp3) is 0.192. The van der Waals surface area contributed by atoms with Gasteiger partial charge in [-0.05, 0) is 42.7 Å². The van der Waals surface area contributed by atoms with Crippen LogP contribution in [0.3, 0.4) is 0 Å². The number of amides is 2. The molecule has 1 unspecified atom stereocenters. The summed E-state index contributed by atoms with van der Waals surface area (Å²) in [6.45, 7) is 0.573. The van der Waals surface area contributed by atoms with Crippen molar-refractivity contribution in [2.24, 2.45) is 4.99 Å². The van der Waals surface area contributed by atoms with Crippen LogP contribution in [0.1, 0.15) is 18.4 Å². The second-order valence-electron chi connectivity index (χ2n) is 7.53. The highest BCUT2D eigenvalue weighted by atomic mass is 32.2. The molecule has 6 heteroatoms. The molecule has 0 aromatic heterocycles. The van der Waals surface area contributed by atoms with E-state index in [9.17, 15) is 9.59 Å². The van der Waals surface area contributed by atoms with Crippen molar-refractivity contribution in [3.05, 3.63) is 96.6 Å². The lowest BCUT2D eigenvalue weighted by atomic mass is 10.1. The quantitative estimate of drug-likeness (QED) is 0.515. The first kappa shape index (κ1) is 21.8. The number of hydrogen-bond donors (Lipinski definition) is 1. The van der Waals surface area contributed by atoms with Crippen LogP contribution in [-0.4, -0.2) is 33.7 Å². The fourth-order valence-corrected chi connectivity index (χ4v) is 4.72. The summed E-state index contributed by atoms with van der Waals surface area (Å²) in [6.07, 6.45) is 1.82. The van der Waals surface area contributed by atoms with E-state index in [1.54, 1.807) is 4.90 Å². The molecule has 1 N–H and O–H groups in total. The van der Waals surface area contributed by atoms with Gasteiger partial charge in [0.1, 0.15) is 5.25 Å². The molecule has 1 aliphatic heterocycles. The molecule has 5 nitrogen and oxygen atoms in total. The standard InChI is InChI=1S/C26H25N3O2S/c30-24(27-21-14-6-2-7-15-21)19-23-25(31)29(18-10-13-20-11-4-1-5-12-20)26(32-23)28-22-16-8-3-9-17-22/h1-9,11-12,14-17,23H,10,13,18-19H2,(H,27,30). The number of carbonyl (C=O) groups excluding carboxylic acids is 2. The summed E-state index contributed by atoms with van der Waals surface area (Å²) in [6, 6.07) is 29.1. The number of para-hydroxylation sites is 2. The number of benzene rings is 3. The first-order chi connectivity index (χ1) is 15.7. The highest BCUT2D eigenvalue weighted by Gasteiger charge is 2.38. The number of rotatable bonds is 8. The second-order valence-corrected chi connectivity index (χ2v) is 8.70. The molecule has 4 rings (SSSR count). The Labute approximate surface area is 192 Å². The molecular formula is C26H25N3O2S. The van der Waals surface area contributed by atoms with Crippen LogP contribution in [0.2, 0.25) is 0 Å². The van der Waals surface area contributed by atoms with E-state index in [1.807, 2.05) is 78.9 Å². The SMILES string of the molecule is O=C(CC1SC(=Nc2ccccc2)N(CCCc2ccccc2)C1=O)Nc1ccccc1. The van der Waals surface area contributed by atoms with Gasteiger partial charge in [-0.25, -0.2) is 4.99 Å². The van der Waals surface area contributed by atoms with Gasteiger partial charge in [0.05, 0.1) is 5.69 Å². The number of hydrogen-bond acceptors (Lipinski definition) is 4. The molecule has 0 spiro atoms. The first-order valence-electron chi connectivity index (χ1n) is 10.7. The Bertz CT molecular complexity index is 1070. The van der Waals surface area contributed by atoms with Crippen molar-refractivity contribution in [2.75, 3.05) is 11.9 Å². The van der Waals surface area contributed by atoms with Gasteiger partial charge >= 0.3 is 0 Å². The van der Waals surface area contributed by atoms with Crippen LogP contribution in [0.5, 0.6) is 0 Å². The monoisotopic (exact) mass is 443 g/mol. The summed E-state index contributed by atoms with van der Waals surface area (Å²) >= 11 is 1.37. The molecule has 0 bridgehead atoms. The van der Waals surface area contributed by atoms with Crippen molar-refractivity contribution in [3.8, 4) is 0 Å². The number of nitrogens with one attached hydrogen (secondary N) is 1. The average molecular weight is 444 g/mol. The molecule has 0 radical (unpaired) electrons. The van der Waals surface area contributed by atoms with Crippen molar-refractivity contribution < 1.29 is 9.59 Å². The van der Waals surface area contributed by atoms with Gasteiger partial charge in [-0.3, -0.25) is 14.5 Å². The highest BCUT2D eigenvalue weighted by molar-refractivity contribution is 8.15. The summed E-state index contributed by atoms with van der Waals surface area (Å²) in [5.74, 6) is -0.229. The van der Waals surface area contributed by atoms with Crippen molar-refractivity contribution in [1.29, 1.82) is 0 Å². The molecule has 1 atom stereocenters. The molecule has 162 valence electrons. The Morgan fingerprint density at radius 1 is 0.906 bits per heavy atom. The maximum Gasteiger partial charge on any atom is 0.242 e. The van der Waals surface area contributed by atoms with E-state index < -0.39 is 5.25 Å². The summed E-state index contributed by atoms with van der Waals surface area (Å²) in [7, 11) is 0. The third kappa shape index (κ3) is 5.86. The summed E-state index contributed by atoms with van der Waals surface area (Å²) in [5, 5.41) is 3.06. The summed E-state index contributed by atoms with van der Waals surface area (Å²) in [4.78, 5) is 32.2. The zero-order chi connectivity index (χ0) is 22.2. The Kier molecular flexibility index (Phi) is 7.35. The van der Waals surface area contributed by atoms with Crippen LogP contribution in [0.4, 0.5) is 11.4 Å². The average Bonchev–Trinajstić information content (AvgIpc) is 3.10. The minimum Gasteiger partial charge on any atom is -0.326 e. The van der Waals surface area contributed by atoms with Gasteiger partial charge in [0.15, 0.2) is 5.17 Å². The molecule has 32 heavy (non-hydrogen) atoms. The Morgan fingerprint density at radius 3 is 2.22 bits per heavy atom. The predicted molar refractivity (Wildman–Crippen MR) is 131 cm³/mol. The van der Waals surface area contributed by atoms with Crippen LogP contribution in [0.15, 0.2) is 96.0 Å². The number of nitrogens with zero attached hydrogens (tertiary/aromatic N) is 2. The molecule has 3 aromatic rings. The number of thioether (sulfide) groups is 1. The van der Waals surface area contributed by atoms with E-state index in [2.05, 4.69) is 17.4 Å². The minimum absolute atomic E-state index is 0.0547. The molecule has 1 fully saturated rings. The topological polar surface area (TPSA) is 61.8 Å². The van der Waals surface area contributed by atoms with Crippen LogP contribution in [0.25, 0.3) is 0 Å². The molecule has 1 saturated heterocycles.